The highest BCUT2D eigenvalue weighted by atomic mass is 32.2. The Morgan fingerprint density at radius 3 is 2.47 bits per heavy atom. The zero-order chi connectivity index (χ0) is 24.0. The summed E-state index contributed by atoms with van der Waals surface area (Å²) in [6, 6.07) is 15.7. The zero-order valence-electron chi connectivity index (χ0n) is 18.2. The van der Waals surface area contributed by atoms with E-state index in [1.54, 1.807) is 27.7 Å². The molecule has 0 saturated carbocycles. The first-order valence-corrected chi connectivity index (χ1v) is 12.1. The maximum absolute atomic E-state index is 14.5. The Labute approximate surface area is 194 Å². The third-order valence-corrected chi connectivity index (χ3v) is 5.90. The maximum atomic E-state index is 14.5. The summed E-state index contributed by atoms with van der Waals surface area (Å²) in [7, 11) is -1.75. The normalized spacial score (nSPS) is 11.8. The number of rotatable bonds is 5. The van der Waals surface area contributed by atoms with Gasteiger partial charge in [-0.1, -0.05) is 6.07 Å². The molecule has 2 heterocycles. The van der Waals surface area contributed by atoms with Crippen molar-refractivity contribution in [1.82, 2.24) is 19.3 Å². The summed E-state index contributed by atoms with van der Waals surface area (Å²) >= 11 is 0. The van der Waals surface area contributed by atoms with Crippen molar-refractivity contribution in [2.45, 2.75) is 0 Å². The van der Waals surface area contributed by atoms with Crippen molar-refractivity contribution >= 4 is 26.7 Å². The molecule has 5 rings (SSSR count). The SMILES string of the molecule is Cn1ccc(-c2ccc3c(c2)ncn3-c2cc(NS(C)(=O)=O)cc(-c3ccc(F)cc3F)c2)n1. The van der Waals surface area contributed by atoms with E-state index in [2.05, 4.69) is 14.8 Å². The first-order valence-electron chi connectivity index (χ1n) is 10.2. The zero-order valence-corrected chi connectivity index (χ0v) is 19.0. The maximum Gasteiger partial charge on any atom is 0.229 e. The monoisotopic (exact) mass is 479 g/mol. The number of halogens is 2. The topological polar surface area (TPSA) is 81.8 Å². The Hall–Kier alpha value is -4.05. The number of aromatic nitrogens is 4. The lowest BCUT2D eigenvalue weighted by atomic mass is 10.0. The number of imidazole rings is 1. The number of nitrogens with zero attached hydrogens (tertiary/aromatic N) is 4. The van der Waals surface area contributed by atoms with Gasteiger partial charge in [-0.05, 0) is 54.1 Å². The molecule has 0 aliphatic rings. The largest absolute Gasteiger partial charge is 0.299 e. The van der Waals surface area contributed by atoms with Crippen LogP contribution in [0.1, 0.15) is 0 Å². The van der Waals surface area contributed by atoms with Gasteiger partial charge in [-0.25, -0.2) is 22.2 Å². The Morgan fingerprint density at radius 1 is 0.941 bits per heavy atom. The van der Waals surface area contributed by atoms with E-state index < -0.39 is 21.7 Å². The fourth-order valence-electron chi connectivity index (χ4n) is 3.85. The Morgan fingerprint density at radius 2 is 1.76 bits per heavy atom. The molecule has 10 heteroatoms. The molecule has 7 nitrogen and oxygen atoms in total. The van der Waals surface area contributed by atoms with Gasteiger partial charge < -0.3 is 0 Å². The number of aryl methyl sites for hydroxylation is 1. The molecule has 5 aromatic rings. The lowest BCUT2D eigenvalue weighted by molar-refractivity contribution is 0.585. The van der Waals surface area contributed by atoms with Crippen molar-refractivity contribution in [2.24, 2.45) is 7.05 Å². The van der Waals surface area contributed by atoms with Gasteiger partial charge in [0.15, 0.2) is 0 Å². The van der Waals surface area contributed by atoms with Crippen LogP contribution in [0.15, 0.2) is 73.2 Å². The molecule has 0 atom stereocenters. The van der Waals surface area contributed by atoms with Gasteiger partial charge in [-0.3, -0.25) is 14.0 Å². The smallest absolute Gasteiger partial charge is 0.229 e. The van der Waals surface area contributed by atoms with E-state index in [9.17, 15) is 17.2 Å². The molecule has 0 unspecified atom stereocenters. The third-order valence-electron chi connectivity index (χ3n) is 5.30. The van der Waals surface area contributed by atoms with Gasteiger partial charge in [0.2, 0.25) is 10.0 Å². The van der Waals surface area contributed by atoms with Crippen LogP contribution in [0.3, 0.4) is 0 Å². The van der Waals surface area contributed by atoms with Gasteiger partial charge in [0.1, 0.15) is 18.0 Å². The summed E-state index contributed by atoms with van der Waals surface area (Å²) in [6.45, 7) is 0. The van der Waals surface area contributed by atoms with Crippen molar-refractivity contribution < 1.29 is 17.2 Å². The molecule has 0 spiro atoms. The van der Waals surface area contributed by atoms with E-state index >= 15 is 0 Å². The molecule has 2 aromatic heterocycles. The average molecular weight is 480 g/mol. The summed E-state index contributed by atoms with van der Waals surface area (Å²) in [6.07, 6.45) is 4.50. The Kier molecular flexibility index (Phi) is 5.17. The van der Waals surface area contributed by atoms with Gasteiger partial charge in [-0.15, -0.1) is 0 Å². The van der Waals surface area contributed by atoms with Crippen molar-refractivity contribution in [2.75, 3.05) is 11.0 Å². The van der Waals surface area contributed by atoms with Crippen LogP contribution >= 0.6 is 0 Å². The Bertz CT molecular complexity index is 1660. The summed E-state index contributed by atoms with van der Waals surface area (Å²) < 4.78 is 57.7. The fourth-order valence-corrected chi connectivity index (χ4v) is 4.40. The van der Waals surface area contributed by atoms with Gasteiger partial charge in [-0.2, -0.15) is 5.10 Å². The highest BCUT2D eigenvalue weighted by molar-refractivity contribution is 7.92. The first kappa shape index (κ1) is 21.8. The molecule has 172 valence electrons. The predicted molar refractivity (Wildman–Crippen MR) is 127 cm³/mol. The molecule has 0 radical (unpaired) electrons. The van der Waals surface area contributed by atoms with Crippen LogP contribution < -0.4 is 4.72 Å². The second kappa shape index (κ2) is 8.07. The highest BCUT2D eigenvalue weighted by Gasteiger charge is 2.14. The second-order valence-corrected chi connectivity index (χ2v) is 9.71. The van der Waals surface area contributed by atoms with E-state index in [-0.39, 0.29) is 11.3 Å². The standard InChI is InChI=1S/C24H19F2N5O2S/c1-30-8-7-22(28-30)15-3-6-24-23(11-15)27-14-31(24)19-10-16(9-18(13-19)29-34(2,32)33)20-5-4-17(25)12-21(20)26/h3-14,29H,1-2H3. The van der Waals surface area contributed by atoms with Crippen LogP contribution in [0.4, 0.5) is 14.5 Å². The van der Waals surface area contributed by atoms with Gasteiger partial charge in [0.25, 0.3) is 0 Å². The molecule has 1 N–H and O–H groups in total. The number of fused-ring (bicyclic) bond motifs is 1. The van der Waals surface area contributed by atoms with Crippen molar-refractivity contribution in [3.05, 3.63) is 84.8 Å². The lowest BCUT2D eigenvalue weighted by Crippen LogP contribution is -2.10. The molecule has 0 aliphatic carbocycles. The van der Waals surface area contributed by atoms with Crippen LogP contribution in [0.25, 0.3) is 39.1 Å². The lowest BCUT2D eigenvalue weighted by Gasteiger charge is -2.13. The predicted octanol–water partition coefficient (Wildman–Crippen LogP) is 4.74. The minimum absolute atomic E-state index is 0.140. The fraction of sp³-hybridized carbons (Fsp3) is 0.0833. The summed E-state index contributed by atoms with van der Waals surface area (Å²) in [5, 5.41) is 4.41. The van der Waals surface area contributed by atoms with Crippen molar-refractivity contribution in [3.8, 4) is 28.1 Å². The molecule has 3 aromatic carbocycles. The quantitative estimate of drug-likeness (QED) is 0.395. The van der Waals surface area contributed by atoms with Crippen LogP contribution in [0.5, 0.6) is 0 Å². The van der Waals surface area contributed by atoms with E-state index in [0.29, 0.717) is 16.8 Å². The highest BCUT2D eigenvalue weighted by Crippen LogP contribution is 2.31. The van der Waals surface area contributed by atoms with E-state index in [1.165, 1.54) is 12.1 Å². The summed E-state index contributed by atoms with van der Waals surface area (Å²) in [5.41, 5.74) is 4.51. The van der Waals surface area contributed by atoms with Gasteiger partial charge >= 0.3 is 0 Å². The summed E-state index contributed by atoms with van der Waals surface area (Å²) in [4.78, 5) is 4.49. The minimum atomic E-state index is -3.59. The van der Waals surface area contributed by atoms with Gasteiger partial charge in [0, 0.05) is 36.1 Å². The minimum Gasteiger partial charge on any atom is -0.299 e. The van der Waals surface area contributed by atoms with E-state index in [4.69, 9.17) is 0 Å². The number of hydrogen-bond donors (Lipinski definition) is 1. The van der Waals surface area contributed by atoms with Crippen LogP contribution in [-0.4, -0.2) is 34.0 Å². The molecule has 0 aliphatic heterocycles. The molecule has 0 saturated heterocycles. The second-order valence-electron chi connectivity index (χ2n) is 7.96. The molecular weight excluding hydrogens is 460 g/mol. The first-order chi connectivity index (χ1) is 16.2. The van der Waals surface area contributed by atoms with Crippen LogP contribution in [-0.2, 0) is 17.1 Å². The van der Waals surface area contributed by atoms with Gasteiger partial charge in [0.05, 0.1) is 28.7 Å². The van der Waals surface area contributed by atoms with E-state index in [0.717, 1.165) is 35.2 Å². The Balaban J connectivity index is 1.65. The van der Waals surface area contributed by atoms with Crippen molar-refractivity contribution in [1.29, 1.82) is 0 Å². The van der Waals surface area contributed by atoms with Crippen LogP contribution in [0.2, 0.25) is 0 Å². The van der Waals surface area contributed by atoms with E-state index in [1.807, 2.05) is 37.5 Å². The number of sulfonamides is 1. The molecule has 0 amide bonds. The number of benzene rings is 3. The summed E-state index contributed by atoms with van der Waals surface area (Å²) in [5.74, 6) is -1.45. The molecular formula is C24H19F2N5O2S. The average Bonchev–Trinajstić information content (AvgIpc) is 3.38. The van der Waals surface area contributed by atoms with Crippen molar-refractivity contribution in [3.63, 3.8) is 0 Å². The van der Waals surface area contributed by atoms with Crippen LogP contribution in [0, 0.1) is 11.6 Å². The molecule has 0 fully saturated rings. The molecule has 34 heavy (non-hydrogen) atoms. The molecule has 0 bridgehead atoms. The number of nitrogens with one attached hydrogen (secondary N) is 1. The number of anilines is 1. The third kappa shape index (κ3) is 4.27. The number of hydrogen-bond acceptors (Lipinski definition) is 4.